The maximum absolute atomic E-state index is 12.5. The number of fused-ring (bicyclic) bond motifs is 1. The third-order valence-corrected chi connectivity index (χ3v) is 4.54. The number of hydrogen-bond donors (Lipinski definition) is 1. The van der Waals surface area contributed by atoms with Crippen LogP contribution in [-0.2, 0) is 6.54 Å². The summed E-state index contributed by atoms with van der Waals surface area (Å²) < 4.78 is 17.4. The number of rotatable bonds is 7. The summed E-state index contributed by atoms with van der Waals surface area (Å²) in [5.74, 6) is 0.937. The summed E-state index contributed by atoms with van der Waals surface area (Å²) in [5, 5.41) is 19.2. The number of amides is 1. The van der Waals surface area contributed by atoms with Gasteiger partial charge in [-0.3, -0.25) is 4.79 Å². The zero-order chi connectivity index (χ0) is 21.0. The lowest BCUT2D eigenvalue weighted by Gasteiger charge is -2.07. The first-order chi connectivity index (χ1) is 14.0. The Morgan fingerprint density at radius 3 is 2.45 bits per heavy atom. The largest absolute Gasteiger partial charge is 0.497 e. The van der Waals surface area contributed by atoms with Gasteiger partial charge in [-0.15, -0.1) is 10.2 Å². The third kappa shape index (κ3) is 3.87. The monoisotopic (exact) mass is 397 g/mol. The molecule has 29 heavy (non-hydrogen) atoms. The quantitative estimate of drug-likeness (QED) is 0.583. The molecule has 0 atom stereocenters. The van der Waals surface area contributed by atoms with E-state index in [-0.39, 0.29) is 11.6 Å². The molecule has 3 rings (SSSR count). The molecule has 0 spiro atoms. The second-order valence-corrected chi connectivity index (χ2v) is 6.28. The number of carbonyl (C=O) groups is 1. The van der Waals surface area contributed by atoms with Crippen LogP contribution < -0.4 is 14.2 Å². The van der Waals surface area contributed by atoms with Crippen molar-refractivity contribution in [2.24, 2.45) is 10.2 Å². The van der Waals surface area contributed by atoms with Crippen LogP contribution in [0.2, 0.25) is 0 Å². The molecule has 0 radical (unpaired) electrons. The predicted molar refractivity (Wildman–Crippen MR) is 109 cm³/mol. The van der Waals surface area contributed by atoms with E-state index in [0.717, 1.165) is 11.9 Å². The molecule has 8 heteroatoms. The summed E-state index contributed by atoms with van der Waals surface area (Å²) in [5.41, 5.74) is 1.31. The number of azo groups is 1. The molecular formula is C21H23N3O5. The highest BCUT2D eigenvalue weighted by atomic mass is 16.5. The fourth-order valence-electron chi connectivity index (χ4n) is 3.10. The molecule has 0 aliphatic heterocycles. The highest BCUT2D eigenvalue weighted by Crippen LogP contribution is 2.40. The number of hydrogen-bond acceptors (Lipinski definition) is 6. The summed E-state index contributed by atoms with van der Waals surface area (Å²) in [6, 6.07) is 10.1. The van der Waals surface area contributed by atoms with E-state index in [4.69, 9.17) is 14.2 Å². The smallest absolute Gasteiger partial charge is 0.295 e. The Morgan fingerprint density at radius 1 is 1.03 bits per heavy atom. The van der Waals surface area contributed by atoms with Crippen LogP contribution in [0.4, 0.5) is 5.69 Å². The molecule has 0 unspecified atom stereocenters. The standard InChI is InChI=1S/C21H23N3O5/c1-5-10-24-16-8-7-14(27-2)12-15(16)19(21(24)26)22-23-20(25)13-6-9-17(28-3)18(11-13)29-4/h6-9,11-12,26H,5,10H2,1-4H3. The van der Waals surface area contributed by atoms with Crippen LogP contribution in [0.1, 0.15) is 23.7 Å². The van der Waals surface area contributed by atoms with Crippen molar-refractivity contribution in [2.75, 3.05) is 21.3 Å². The van der Waals surface area contributed by atoms with Crippen molar-refractivity contribution in [3.63, 3.8) is 0 Å². The molecule has 1 amide bonds. The van der Waals surface area contributed by atoms with E-state index in [1.165, 1.54) is 20.3 Å². The van der Waals surface area contributed by atoms with E-state index in [2.05, 4.69) is 10.2 Å². The Hall–Kier alpha value is -3.55. The molecule has 0 aliphatic carbocycles. The van der Waals surface area contributed by atoms with E-state index >= 15 is 0 Å². The first-order valence-electron chi connectivity index (χ1n) is 9.11. The van der Waals surface area contributed by atoms with Crippen molar-refractivity contribution in [1.29, 1.82) is 0 Å². The summed E-state index contributed by atoms with van der Waals surface area (Å²) in [7, 11) is 4.57. The topological polar surface area (TPSA) is 94.6 Å². The molecule has 0 bridgehead atoms. The van der Waals surface area contributed by atoms with Crippen molar-refractivity contribution >= 4 is 22.5 Å². The van der Waals surface area contributed by atoms with Gasteiger partial charge in [0.25, 0.3) is 5.91 Å². The van der Waals surface area contributed by atoms with Gasteiger partial charge in [-0.2, -0.15) is 0 Å². The first-order valence-corrected chi connectivity index (χ1v) is 9.11. The molecule has 8 nitrogen and oxygen atoms in total. The minimum atomic E-state index is -0.565. The molecule has 2 aromatic carbocycles. The van der Waals surface area contributed by atoms with Crippen LogP contribution in [0, 0.1) is 0 Å². The number of benzene rings is 2. The van der Waals surface area contributed by atoms with E-state index in [1.807, 2.05) is 19.1 Å². The van der Waals surface area contributed by atoms with Crippen LogP contribution in [-0.4, -0.2) is 36.9 Å². The highest BCUT2D eigenvalue weighted by molar-refractivity contribution is 5.98. The molecule has 3 aromatic rings. The van der Waals surface area contributed by atoms with Gasteiger partial charge in [-0.1, -0.05) is 6.92 Å². The molecular weight excluding hydrogens is 374 g/mol. The Morgan fingerprint density at radius 2 is 1.79 bits per heavy atom. The number of aromatic hydroxyl groups is 1. The van der Waals surface area contributed by atoms with Crippen LogP contribution in [0.25, 0.3) is 10.9 Å². The van der Waals surface area contributed by atoms with Crippen molar-refractivity contribution in [3.8, 4) is 23.1 Å². The zero-order valence-electron chi connectivity index (χ0n) is 16.8. The lowest BCUT2D eigenvalue weighted by atomic mass is 10.2. The van der Waals surface area contributed by atoms with Gasteiger partial charge in [0.2, 0.25) is 5.88 Å². The third-order valence-electron chi connectivity index (χ3n) is 4.54. The SMILES string of the molecule is CCCn1c(O)c(N=NC(=O)c2ccc(OC)c(OC)c2)c2cc(OC)ccc21. The Balaban J connectivity index is 2.01. The summed E-state index contributed by atoms with van der Waals surface area (Å²) in [6.45, 7) is 2.62. The van der Waals surface area contributed by atoms with Gasteiger partial charge in [-0.25, -0.2) is 0 Å². The predicted octanol–water partition coefficient (Wildman–Crippen LogP) is 4.71. The van der Waals surface area contributed by atoms with E-state index in [0.29, 0.717) is 34.7 Å². The molecule has 0 fully saturated rings. The number of methoxy groups -OCH3 is 3. The van der Waals surface area contributed by atoms with E-state index in [9.17, 15) is 9.90 Å². The summed E-state index contributed by atoms with van der Waals surface area (Å²) in [4.78, 5) is 12.5. The fraction of sp³-hybridized carbons (Fsp3) is 0.286. The molecule has 1 aromatic heterocycles. The van der Waals surface area contributed by atoms with Gasteiger partial charge in [0, 0.05) is 17.5 Å². The van der Waals surface area contributed by atoms with Gasteiger partial charge in [0.15, 0.2) is 17.2 Å². The Bertz CT molecular complexity index is 1070. The number of nitrogens with zero attached hydrogens (tertiary/aromatic N) is 3. The molecule has 152 valence electrons. The van der Waals surface area contributed by atoms with Crippen molar-refractivity contribution in [2.45, 2.75) is 19.9 Å². The highest BCUT2D eigenvalue weighted by Gasteiger charge is 2.18. The minimum Gasteiger partial charge on any atom is -0.497 e. The average Bonchev–Trinajstić information content (AvgIpc) is 3.01. The maximum atomic E-state index is 12.5. The number of aryl methyl sites for hydroxylation is 1. The van der Waals surface area contributed by atoms with Crippen LogP contribution >= 0.6 is 0 Å². The molecule has 0 saturated carbocycles. The van der Waals surface area contributed by atoms with Crippen LogP contribution in [0.3, 0.4) is 0 Å². The fourth-order valence-corrected chi connectivity index (χ4v) is 3.10. The average molecular weight is 397 g/mol. The second kappa shape index (κ2) is 8.64. The lowest BCUT2D eigenvalue weighted by molar-refractivity contribution is 0.0994. The number of ether oxygens (including phenoxy) is 3. The molecule has 1 heterocycles. The molecule has 0 saturated heterocycles. The molecule has 1 N–H and O–H groups in total. The summed E-state index contributed by atoms with van der Waals surface area (Å²) in [6.07, 6.45) is 0.824. The van der Waals surface area contributed by atoms with Crippen LogP contribution in [0.5, 0.6) is 23.1 Å². The van der Waals surface area contributed by atoms with Crippen molar-refractivity contribution in [3.05, 3.63) is 42.0 Å². The maximum Gasteiger partial charge on any atom is 0.295 e. The Labute approximate surface area is 168 Å². The first kappa shape index (κ1) is 20.2. The normalized spacial score (nSPS) is 11.2. The van der Waals surface area contributed by atoms with Gasteiger partial charge in [0.1, 0.15) is 5.75 Å². The van der Waals surface area contributed by atoms with E-state index < -0.39 is 5.91 Å². The second-order valence-electron chi connectivity index (χ2n) is 6.28. The van der Waals surface area contributed by atoms with Gasteiger partial charge >= 0.3 is 0 Å². The van der Waals surface area contributed by atoms with Gasteiger partial charge < -0.3 is 23.9 Å². The summed E-state index contributed by atoms with van der Waals surface area (Å²) >= 11 is 0. The van der Waals surface area contributed by atoms with E-state index in [1.54, 1.807) is 29.9 Å². The lowest BCUT2D eigenvalue weighted by Crippen LogP contribution is -1.97. The number of aromatic nitrogens is 1. The molecule has 0 aliphatic rings. The van der Waals surface area contributed by atoms with Gasteiger partial charge in [0.05, 0.1) is 26.8 Å². The van der Waals surface area contributed by atoms with Gasteiger partial charge in [-0.05, 0) is 42.8 Å². The van der Waals surface area contributed by atoms with Crippen molar-refractivity contribution < 1.29 is 24.1 Å². The van der Waals surface area contributed by atoms with Crippen molar-refractivity contribution in [1.82, 2.24) is 4.57 Å². The minimum absolute atomic E-state index is 0.0426. The number of carbonyl (C=O) groups excluding carboxylic acids is 1. The Kier molecular flexibility index (Phi) is 6.01. The van der Waals surface area contributed by atoms with Crippen LogP contribution in [0.15, 0.2) is 46.6 Å². The zero-order valence-corrected chi connectivity index (χ0v) is 16.8.